The summed E-state index contributed by atoms with van der Waals surface area (Å²) in [6.45, 7) is 2.97. The van der Waals surface area contributed by atoms with E-state index >= 15 is 0 Å². The number of unbranched alkanes of at least 4 members (excludes halogenated alkanes) is 2. The minimum absolute atomic E-state index is 0.104. The van der Waals surface area contributed by atoms with Crippen molar-refractivity contribution in [2.45, 2.75) is 32.7 Å². The van der Waals surface area contributed by atoms with Gasteiger partial charge in [-0.25, -0.2) is 9.97 Å². The van der Waals surface area contributed by atoms with Crippen LogP contribution in [-0.2, 0) is 6.54 Å². The van der Waals surface area contributed by atoms with Crippen LogP contribution in [0.5, 0.6) is 0 Å². The number of hydrogen-bond donors (Lipinski definition) is 0. The summed E-state index contributed by atoms with van der Waals surface area (Å²) >= 11 is 7.51. The minimum Gasteiger partial charge on any atom is -0.309 e. The molecule has 4 aromatic rings. The molecule has 0 bridgehead atoms. The molecule has 0 aliphatic rings. The molecular weight excluding hydrogens is 380 g/mol. The number of rotatable bonds is 6. The molecule has 3 aromatic heterocycles. The number of benzene rings is 1. The Kier molecular flexibility index (Phi) is 5.09. The van der Waals surface area contributed by atoms with E-state index in [-0.39, 0.29) is 5.56 Å². The summed E-state index contributed by atoms with van der Waals surface area (Å²) < 4.78 is 3.72. The van der Waals surface area contributed by atoms with Crippen LogP contribution in [0.2, 0.25) is 5.02 Å². The van der Waals surface area contributed by atoms with E-state index < -0.39 is 0 Å². The Morgan fingerprint density at radius 1 is 1.15 bits per heavy atom. The highest BCUT2D eigenvalue weighted by molar-refractivity contribution is 7.07. The van der Waals surface area contributed by atoms with Crippen LogP contribution in [0.25, 0.3) is 28.4 Å². The van der Waals surface area contributed by atoms with E-state index in [9.17, 15) is 4.79 Å². The molecule has 5 nitrogen and oxygen atoms in total. The second-order valence-electron chi connectivity index (χ2n) is 6.40. The fourth-order valence-electron chi connectivity index (χ4n) is 3.15. The van der Waals surface area contributed by atoms with Gasteiger partial charge in [0.1, 0.15) is 0 Å². The van der Waals surface area contributed by atoms with Crippen molar-refractivity contribution in [1.82, 2.24) is 18.9 Å². The Balaban J connectivity index is 1.90. The quantitative estimate of drug-likeness (QED) is 0.423. The van der Waals surface area contributed by atoms with E-state index in [2.05, 4.69) is 16.5 Å². The number of hydrogen-bond acceptors (Lipinski definition) is 4. The van der Waals surface area contributed by atoms with Crippen molar-refractivity contribution in [2.24, 2.45) is 0 Å². The first-order chi connectivity index (χ1) is 13.2. The number of thiazole rings is 1. The van der Waals surface area contributed by atoms with Gasteiger partial charge in [0.05, 0.1) is 22.6 Å². The third kappa shape index (κ3) is 3.55. The van der Waals surface area contributed by atoms with Gasteiger partial charge in [0, 0.05) is 34.8 Å². The van der Waals surface area contributed by atoms with Crippen molar-refractivity contribution in [3.8, 4) is 22.6 Å². The van der Waals surface area contributed by atoms with Crippen molar-refractivity contribution in [2.75, 3.05) is 0 Å². The summed E-state index contributed by atoms with van der Waals surface area (Å²) in [6.07, 6.45) is 5.07. The van der Waals surface area contributed by atoms with Gasteiger partial charge in [0.2, 0.25) is 5.78 Å². The molecular formula is C20H19ClN4OS. The summed E-state index contributed by atoms with van der Waals surface area (Å²) in [5.74, 6) is 0.645. The average Bonchev–Trinajstić information content (AvgIpc) is 3.34. The van der Waals surface area contributed by atoms with Gasteiger partial charge in [-0.05, 0) is 18.6 Å². The van der Waals surface area contributed by atoms with E-state index in [0.717, 1.165) is 48.5 Å². The number of aryl methyl sites for hydroxylation is 1. The highest BCUT2D eigenvalue weighted by atomic mass is 35.5. The van der Waals surface area contributed by atoms with E-state index in [1.165, 1.54) is 11.3 Å². The monoisotopic (exact) mass is 398 g/mol. The molecule has 0 saturated carbocycles. The molecule has 4 rings (SSSR count). The van der Waals surface area contributed by atoms with Crippen LogP contribution >= 0.6 is 22.9 Å². The smallest absolute Gasteiger partial charge is 0.259 e. The van der Waals surface area contributed by atoms with Crippen LogP contribution in [0.1, 0.15) is 26.2 Å². The molecule has 7 heteroatoms. The number of fused-ring (bicyclic) bond motifs is 1. The van der Waals surface area contributed by atoms with Gasteiger partial charge in [-0.15, -0.1) is 11.3 Å². The Bertz CT molecular complexity index is 1110. The van der Waals surface area contributed by atoms with Crippen molar-refractivity contribution < 1.29 is 0 Å². The molecule has 0 aliphatic carbocycles. The molecule has 0 spiro atoms. The predicted octanol–water partition coefficient (Wildman–Crippen LogP) is 5.13. The van der Waals surface area contributed by atoms with Crippen molar-refractivity contribution >= 4 is 28.7 Å². The van der Waals surface area contributed by atoms with E-state index in [4.69, 9.17) is 16.6 Å². The van der Waals surface area contributed by atoms with Crippen LogP contribution in [0.4, 0.5) is 0 Å². The lowest BCUT2D eigenvalue weighted by Gasteiger charge is -2.13. The predicted molar refractivity (Wildman–Crippen MR) is 111 cm³/mol. The Labute approximate surface area is 165 Å². The first kappa shape index (κ1) is 17.9. The lowest BCUT2D eigenvalue weighted by atomic mass is 10.2. The highest BCUT2D eigenvalue weighted by Gasteiger charge is 2.15. The Morgan fingerprint density at radius 3 is 2.67 bits per heavy atom. The maximum Gasteiger partial charge on any atom is 0.259 e. The number of aromatic nitrogens is 4. The summed E-state index contributed by atoms with van der Waals surface area (Å²) in [7, 11) is 0. The SMILES string of the molecule is CCCCCn1c(-c2cscn2)cc(=O)n2cc(-c3ccc(Cl)cc3)nc12. The van der Waals surface area contributed by atoms with Crippen molar-refractivity contribution in [1.29, 1.82) is 0 Å². The zero-order chi connectivity index (χ0) is 18.8. The molecule has 1 aromatic carbocycles. The van der Waals surface area contributed by atoms with Crippen molar-refractivity contribution in [3.63, 3.8) is 0 Å². The molecule has 0 amide bonds. The van der Waals surface area contributed by atoms with E-state index in [1.807, 2.05) is 29.6 Å². The third-order valence-electron chi connectivity index (χ3n) is 4.54. The normalized spacial score (nSPS) is 11.3. The number of nitrogens with zero attached hydrogens (tertiary/aromatic N) is 4. The van der Waals surface area contributed by atoms with Crippen molar-refractivity contribution in [3.05, 3.63) is 62.8 Å². The summed E-state index contributed by atoms with van der Waals surface area (Å²) in [6, 6.07) is 9.14. The molecule has 0 N–H and O–H groups in total. The maximum absolute atomic E-state index is 12.7. The van der Waals surface area contributed by atoms with Gasteiger partial charge < -0.3 is 4.57 Å². The highest BCUT2D eigenvalue weighted by Crippen LogP contribution is 2.24. The zero-order valence-corrected chi connectivity index (χ0v) is 16.5. The largest absolute Gasteiger partial charge is 0.309 e. The molecule has 0 aliphatic heterocycles. The molecule has 0 fully saturated rings. The molecule has 0 atom stereocenters. The first-order valence-corrected chi connectivity index (χ1v) is 10.3. The molecule has 0 radical (unpaired) electrons. The van der Waals surface area contributed by atoms with Gasteiger partial charge in [-0.1, -0.05) is 43.5 Å². The molecule has 0 saturated heterocycles. The van der Waals surface area contributed by atoms with Gasteiger partial charge in [-0.3, -0.25) is 9.20 Å². The van der Waals surface area contributed by atoms with Crippen LogP contribution in [0.3, 0.4) is 0 Å². The summed E-state index contributed by atoms with van der Waals surface area (Å²) in [5, 5.41) is 2.64. The van der Waals surface area contributed by atoms with Gasteiger partial charge >= 0.3 is 0 Å². The van der Waals surface area contributed by atoms with Crippen LogP contribution in [0.15, 0.2) is 52.2 Å². The molecule has 3 heterocycles. The first-order valence-electron chi connectivity index (χ1n) is 8.95. The van der Waals surface area contributed by atoms with E-state index in [1.54, 1.807) is 22.2 Å². The fraction of sp³-hybridized carbons (Fsp3) is 0.250. The fourth-order valence-corrected chi connectivity index (χ4v) is 3.82. The molecule has 0 unspecified atom stereocenters. The Hall–Kier alpha value is -2.44. The van der Waals surface area contributed by atoms with Gasteiger partial charge in [-0.2, -0.15) is 0 Å². The maximum atomic E-state index is 12.7. The topological polar surface area (TPSA) is 52.2 Å². The second-order valence-corrected chi connectivity index (χ2v) is 7.56. The minimum atomic E-state index is -0.104. The third-order valence-corrected chi connectivity index (χ3v) is 5.38. The Morgan fingerprint density at radius 2 is 1.96 bits per heavy atom. The summed E-state index contributed by atoms with van der Waals surface area (Å²) in [4.78, 5) is 21.9. The van der Waals surface area contributed by atoms with Gasteiger partial charge in [0.15, 0.2) is 0 Å². The van der Waals surface area contributed by atoms with Crippen LogP contribution in [-0.4, -0.2) is 18.9 Å². The number of halogens is 1. The molecule has 27 heavy (non-hydrogen) atoms. The van der Waals surface area contributed by atoms with Crippen LogP contribution < -0.4 is 5.56 Å². The lowest BCUT2D eigenvalue weighted by Crippen LogP contribution is -2.18. The number of imidazole rings is 1. The lowest BCUT2D eigenvalue weighted by molar-refractivity contribution is 0.605. The zero-order valence-electron chi connectivity index (χ0n) is 14.9. The van der Waals surface area contributed by atoms with Gasteiger partial charge in [0.25, 0.3) is 5.56 Å². The van der Waals surface area contributed by atoms with E-state index in [0.29, 0.717) is 10.8 Å². The second kappa shape index (κ2) is 7.66. The molecule has 138 valence electrons. The average molecular weight is 399 g/mol. The standard InChI is InChI=1S/C20H19ClN4OS/c1-2-3-4-9-24-18(17-12-27-13-22-17)10-19(26)25-11-16(23-20(24)25)14-5-7-15(21)8-6-14/h5-8,10-13H,2-4,9H2,1H3. The summed E-state index contributed by atoms with van der Waals surface area (Å²) in [5.41, 5.74) is 4.99. The van der Waals surface area contributed by atoms with Crippen LogP contribution in [0, 0.1) is 0 Å².